The lowest BCUT2D eigenvalue weighted by Gasteiger charge is -2.07. The average molecular weight is 324 g/mol. The molecule has 0 aliphatic rings. The first-order valence-corrected chi connectivity index (χ1v) is 7.59. The van der Waals surface area contributed by atoms with Crippen LogP contribution in [0.25, 0.3) is 0 Å². The van der Waals surface area contributed by atoms with E-state index in [0.717, 1.165) is 5.56 Å². The fourth-order valence-corrected chi connectivity index (χ4v) is 3.12. The predicted octanol–water partition coefficient (Wildman–Crippen LogP) is 3.38. The van der Waals surface area contributed by atoms with E-state index >= 15 is 0 Å². The van der Waals surface area contributed by atoms with Crippen molar-refractivity contribution in [3.05, 3.63) is 56.2 Å². The maximum Gasteiger partial charge on any atom is 0.335 e. The van der Waals surface area contributed by atoms with Crippen molar-refractivity contribution in [2.75, 3.05) is 6.54 Å². The minimum atomic E-state index is -0.964. The maximum atomic E-state index is 12.0. The number of halogens is 1. The molecule has 0 atom stereocenters. The van der Waals surface area contributed by atoms with E-state index in [9.17, 15) is 9.59 Å². The van der Waals surface area contributed by atoms with E-state index in [2.05, 4.69) is 5.32 Å². The van der Waals surface area contributed by atoms with Crippen LogP contribution in [0.5, 0.6) is 0 Å². The van der Waals surface area contributed by atoms with E-state index in [1.54, 1.807) is 24.3 Å². The number of aryl methyl sites for hydroxylation is 1. The highest BCUT2D eigenvalue weighted by Crippen LogP contribution is 2.26. The van der Waals surface area contributed by atoms with Gasteiger partial charge in [-0.3, -0.25) is 4.79 Å². The third kappa shape index (κ3) is 3.62. The number of rotatable bonds is 5. The van der Waals surface area contributed by atoms with Gasteiger partial charge in [0.1, 0.15) is 4.88 Å². The number of hydrogen-bond donors (Lipinski definition) is 2. The third-order valence-electron chi connectivity index (χ3n) is 3.03. The largest absolute Gasteiger partial charge is 0.478 e. The number of amides is 1. The Bertz CT molecular complexity index is 681. The lowest BCUT2D eigenvalue weighted by molar-refractivity contribution is 0.0695. The summed E-state index contributed by atoms with van der Waals surface area (Å²) in [6.07, 6.45) is 0.455. The van der Waals surface area contributed by atoms with Crippen LogP contribution < -0.4 is 5.32 Å². The molecule has 0 bridgehead atoms. The zero-order valence-corrected chi connectivity index (χ0v) is 12.9. The summed E-state index contributed by atoms with van der Waals surface area (Å²) in [6.45, 7) is 2.20. The van der Waals surface area contributed by atoms with Crippen molar-refractivity contribution < 1.29 is 14.7 Å². The van der Waals surface area contributed by atoms with Crippen molar-refractivity contribution in [3.63, 3.8) is 0 Å². The van der Waals surface area contributed by atoms with E-state index in [4.69, 9.17) is 16.7 Å². The fraction of sp³-hybridized carbons (Fsp3) is 0.200. The molecular formula is C15H14ClNO3S. The van der Waals surface area contributed by atoms with E-state index < -0.39 is 5.97 Å². The summed E-state index contributed by atoms with van der Waals surface area (Å²) >= 11 is 7.34. The zero-order chi connectivity index (χ0) is 15.4. The van der Waals surface area contributed by atoms with Crippen LogP contribution in [0.2, 0.25) is 5.02 Å². The SMILES string of the molecule is Cc1csc(C(=O)NCCc2ccccc2C(=O)O)c1Cl. The van der Waals surface area contributed by atoms with Gasteiger partial charge in [-0.05, 0) is 35.9 Å². The van der Waals surface area contributed by atoms with Gasteiger partial charge in [-0.15, -0.1) is 11.3 Å². The lowest BCUT2D eigenvalue weighted by Crippen LogP contribution is -2.25. The number of carboxylic acids is 1. The van der Waals surface area contributed by atoms with Crippen LogP contribution in [0.1, 0.15) is 31.2 Å². The van der Waals surface area contributed by atoms with Crippen LogP contribution in [0, 0.1) is 6.92 Å². The summed E-state index contributed by atoms with van der Waals surface area (Å²) in [6, 6.07) is 6.76. The first kappa shape index (κ1) is 15.5. The lowest BCUT2D eigenvalue weighted by atomic mass is 10.0. The Morgan fingerprint density at radius 3 is 2.67 bits per heavy atom. The number of carboxylic acid groups (broad SMARTS) is 1. The van der Waals surface area contributed by atoms with Crippen LogP contribution in [0.4, 0.5) is 0 Å². The topological polar surface area (TPSA) is 66.4 Å². The Labute approximate surface area is 131 Å². The molecule has 0 aliphatic carbocycles. The van der Waals surface area contributed by atoms with Crippen molar-refractivity contribution in [2.24, 2.45) is 0 Å². The van der Waals surface area contributed by atoms with Crippen LogP contribution in [0.3, 0.4) is 0 Å². The summed E-state index contributed by atoms with van der Waals surface area (Å²) in [7, 11) is 0. The van der Waals surface area contributed by atoms with Gasteiger partial charge in [-0.2, -0.15) is 0 Å². The number of carbonyl (C=O) groups excluding carboxylic acids is 1. The van der Waals surface area contributed by atoms with Crippen molar-refractivity contribution in [1.82, 2.24) is 5.32 Å². The number of benzene rings is 1. The Hall–Kier alpha value is -1.85. The predicted molar refractivity (Wildman–Crippen MR) is 83.5 cm³/mol. The summed E-state index contributed by atoms with van der Waals surface area (Å²) in [5.74, 6) is -1.19. The standard InChI is InChI=1S/C15H14ClNO3S/c1-9-8-21-13(12(9)16)14(18)17-7-6-10-4-2-3-5-11(10)15(19)20/h2-5,8H,6-7H2,1H3,(H,17,18)(H,19,20). The molecule has 4 nitrogen and oxygen atoms in total. The van der Waals surface area contributed by atoms with Crippen molar-refractivity contribution in [2.45, 2.75) is 13.3 Å². The zero-order valence-electron chi connectivity index (χ0n) is 11.4. The van der Waals surface area contributed by atoms with Crippen molar-refractivity contribution in [1.29, 1.82) is 0 Å². The molecule has 21 heavy (non-hydrogen) atoms. The molecule has 0 saturated heterocycles. The highest BCUT2D eigenvalue weighted by atomic mass is 35.5. The van der Waals surface area contributed by atoms with Crippen molar-refractivity contribution >= 4 is 34.8 Å². The molecule has 6 heteroatoms. The molecule has 1 aromatic carbocycles. The molecule has 0 fully saturated rings. The molecule has 2 aromatic rings. The number of nitrogens with one attached hydrogen (secondary N) is 1. The van der Waals surface area contributed by atoms with Gasteiger partial charge in [-0.25, -0.2) is 4.79 Å². The molecule has 2 rings (SSSR count). The molecule has 0 aliphatic heterocycles. The van der Waals surface area contributed by atoms with Crippen LogP contribution >= 0.6 is 22.9 Å². The summed E-state index contributed by atoms with van der Waals surface area (Å²) < 4.78 is 0. The molecular weight excluding hydrogens is 310 g/mol. The number of hydrogen-bond acceptors (Lipinski definition) is 3. The summed E-state index contributed by atoms with van der Waals surface area (Å²) in [5, 5.41) is 14.2. The van der Waals surface area contributed by atoms with E-state index in [-0.39, 0.29) is 11.5 Å². The molecule has 2 N–H and O–H groups in total. The van der Waals surface area contributed by atoms with Gasteiger partial charge < -0.3 is 10.4 Å². The quantitative estimate of drug-likeness (QED) is 0.886. The van der Waals surface area contributed by atoms with E-state index in [1.165, 1.54) is 11.3 Å². The fourth-order valence-electron chi connectivity index (χ4n) is 1.92. The van der Waals surface area contributed by atoms with Gasteiger partial charge in [0.15, 0.2) is 0 Å². The molecule has 0 radical (unpaired) electrons. The Morgan fingerprint density at radius 2 is 2.05 bits per heavy atom. The van der Waals surface area contributed by atoms with Crippen molar-refractivity contribution in [3.8, 4) is 0 Å². The van der Waals surface area contributed by atoms with Gasteiger partial charge in [-0.1, -0.05) is 29.8 Å². The highest BCUT2D eigenvalue weighted by Gasteiger charge is 2.14. The molecule has 1 heterocycles. The summed E-state index contributed by atoms with van der Waals surface area (Å²) in [4.78, 5) is 23.6. The highest BCUT2D eigenvalue weighted by molar-refractivity contribution is 7.13. The smallest absolute Gasteiger partial charge is 0.335 e. The first-order chi connectivity index (χ1) is 10.0. The second-order valence-electron chi connectivity index (χ2n) is 4.53. The molecule has 0 unspecified atom stereocenters. The van der Waals surface area contributed by atoms with Gasteiger partial charge in [0.05, 0.1) is 10.6 Å². The Balaban J connectivity index is 1.97. The van der Waals surface area contributed by atoms with Crippen LogP contribution in [0.15, 0.2) is 29.6 Å². The number of carbonyl (C=O) groups is 2. The first-order valence-electron chi connectivity index (χ1n) is 6.33. The van der Waals surface area contributed by atoms with E-state index in [1.807, 2.05) is 12.3 Å². The Morgan fingerprint density at radius 1 is 1.33 bits per heavy atom. The van der Waals surface area contributed by atoms with Gasteiger partial charge in [0, 0.05) is 6.54 Å². The molecule has 1 aromatic heterocycles. The molecule has 110 valence electrons. The number of aromatic carboxylic acids is 1. The minimum absolute atomic E-state index is 0.231. The molecule has 0 saturated carbocycles. The second kappa shape index (κ2) is 6.74. The van der Waals surface area contributed by atoms with E-state index in [0.29, 0.717) is 28.4 Å². The third-order valence-corrected chi connectivity index (χ3v) is 4.73. The van der Waals surface area contributed by atoms with Gasteiger partial charge >= 0.3 is 5.97 Å². The Kier molecular flexibility index (Phi) is 4.98. The second-order valence-corrected chi connectivity index (χ2v) is 5.79. The monoisotopic (exact) mass is 323 g/mol. The van der Waals surface area contributed by atoms with Crippen LogP contribution in [-0.2, 0) is 6.42 Å². The maximum absolute atomic E-state index is 12.0. The molecule has 1 amide bonds. The minimum Gasteiger partial charge on any atom is -0.478 e. The number of thiophene rings is 1. The molecule has 0 spiro atoms. The van der Waals surface area contributed by atoms with Gasteiger partial charge in [0.2, 0.25) is 0 Å². The normalized spacial score (nSPS) is 10.4. The van der Waals surface area contributed by atoms with Gasteiger partial charge in [0.25, 0.3) is 5.91 Å². The average Bonchev–Trinajstić information content (AvgIpc) is 2.79. The van der Waals surface area contributed by atoms with Crippen LogP contribution in [-0.4, -0.2) is 23.5 Å². The summed E-state index contributed by atoms with van der Waals surface area (Å²) in [5.41, 5.74) is 1.83.